The summed E-state index contributed by atoms with van der Waals surface area (Å²) >= 11 is 5.62. The van der Waals surface area contributed by atoms with Crippen molar-refractivity contribution < 1.29 is 9.53 Å². The van der Waals surface area contributed by atoms with Crippen molar-refractivity contribution in [2.45, 2.75) is 90.9 Å². The van der Waals surface area contributed by atoms with E-state index in [1.165, 1.54) is 73.4 Å². The first kappa shape index (κ1) is 22.0. The molecule has 0 atom stereocenters. The first-order valence-corrected chi connectivity index (χ1v) is 10.3. The summed E-state index contributed by atoms with van der Waals surface area (Å²) < 4.78 is 6.55. The van der Waals surface area contributed by atoms with Crippen LogP contribution in [-0.4, -0.2) is 22.2 Å². The van der Waals surface area contributed by atoms with Gasteiger partial charge < -0.3 is 4.74 Å². The third-order valence-corrected chi connectivity index (χ3v) is 4.97. The van der Waals surface area contributed by atoms with Gasteiger partial charge in [-0.3, -0.25) is 0 Å². The molecule has 0 radical (unpaired) electrons. The molecule has 0 aliphatic rings. The number of unbranched alkanes of at least 4 members (excludes halogenated alkanes) is 10. The van der Waals surface area contributed by atoms with Gasteiger partial charge in [-0.05, 0) is 37.6 Å². The summed E-state index contributed by atoms with van der Waals surface area (Å²) in [5.41, 5.74) is 0. The molecule has 0 aliphatic carbocycles. The summed E-state index contributed by atoms with van der Waals surface area (Å²) in [7, 11) is 0. The highest BCUT2D eigenvalue weighted by Crippen LogP contribution is 2.17. The van der Waals surface area contributed by atoms with Crippen LogP contribution < -0.4 is 0 Å². The summed E-state index contributed by atoms with van der Waals surface area (Å²) in [6, 6.07) is 0. The van der Waals surface area contributed by atoms with Gasteiger partial charge in [-0.1, -0.05) is 78.1 Å². The zero-order chi connectivity index (χ0) is 16.5. The molecule has 0 aromatic carbocycles. The Morgan fingerprint density at radius 2 is 1.36 bits per heavy atom. The van der Waals surface area contributed by atoms with Gasteiger partial charge >= 0.3 is 6.09 Å². The molecule has 0 bridgehead atoms. The Bertz CT molecular complexity index is 253. The summed E-state index contributed by atoms with van der Waals surface area (Å²) in [6.45, 7) is 4.96. The van der Waals surface area contributed by atoms with Gasteiger partial charge in [0.2, 0.25) is 0 Å². The van der Waals surface area contributed by atoms with E-state index in [0.717, 1.165) is 25.0 Å². The van der Waals surface area contributed by atoms with Gasteiger partial charge in [0.25, 0.3) is 0 Å². The van der Waals surface area contributed by atoms with Gasteiger partial charge in [-0.15, -0.1) is 0 Å². The lowest BCUT2D eigenvalue weighted by molar-refractivity contribution is 0.140. The number of nitrogens with zero attached hydrogens (tertiary/aromatic N) is 1. The van der Waals surface area contributed by atoms with Gasteiger partial charge in [0.05, 0.1) is 6.61 Å². The lowest BCUT2D eigenvalue weighted by Crippen LogP contribution is -2.17. The highest BCUT2D eigenvalue weighted by Gasteiger charge is 2.11. The number of carbonyl (C=O) groups is 1. The molecule has 132 valence electrons. The number of rotatable bonds is 15. The topological polar surface area (TPSA) is 29.5 Å². The van der Waals surface area contributed by atoms with E-state index in [9.17, 15) is 4.79 Å². The molecule has 0 saturated carbocycles. The molecular formula is C17H35NO2S2. The fraction of sp³-hybridized carbons (Fsp3) is 0.941. The SMILES string of the molecule is CCCCCCCCOC(=O)N(S)SCCCCCCCC. The van der Waals surface area contributed by atoms with Crippen molar-refractivity contribution in [1.82, 2.24) is 3.71 Å². The van der Waals surface area contributed by atoms with Crippen molar-refractivity contribution in [3.8, 4) is 0 Å². The maximum absolute atomic E-state index is 11.7. The van der Waals surface area contributed by atoms with E-state index >= 15 is 0 Å². The highest BCUT2D eigenvalue weighted by molar-refractivity contribution is 8.06. The standard InChI is InChI=1S/C17H35NO2S2/c1-3-5-7-9-11-13-15-20-17(19)18(21)22-16-14-12-10-8-6-4-2/h21H,3-16H2,1-2H3. The van der Waals surface area contributed by atoms with Crippen molar-refractivity contribution in [2.24, 2.45) is 0 Å². The second-order valence-electron chi connectivity index (χ2n) is 5.76. The van der Waals surface area contributed by atoms with Crippen LogP contribution in [0.4, 0.5) is 4.79 Å². The third-order valence-electron chi connectivity index (χ3n) is 3.59. The Hall–Kier alpha value is -0.0300. The van der Waals surface area contributed by atoms with Gasteiger partial charge in [-0.2, -0.15) is 3.71 Å². The average Bonchev–Trinajstić information content (AvgIpc) is 2.52. The smallest absolute Gasteiger partial charge is 0.430 e. The number of thiol groups is 1. The maximum Gasteiger partial charge on any atom is 0.430 e. The normalized spacial score (nSPS) is 10.7. The summed E-state index contributed by atoms with van der Waals surface area (Å²) in [5, 5.41) is 0. The lowest BCUT2D eigenvalue weighted by Gasteiger charge is -2.14. The number of ether oxygens (including phenoxy) is 1. The minimum absolute atomic E-state index is 0.326. The predicted octanol–water partition coefficient (Wildman–Crippen LogP) is 6.64. The van der Waals surface area contributed by atoms with Crippen LogP contribution in [0, 0.1) is 0 Å². The number of hydrogen-bond donors (Lipinski definition) is 1. The highest BCUT2D eigenvalue weighted by atomic mass is 32.2. The van der Waals surface area contributed by atoms with Gasteiger partial charge in [0.1, 0.15) is 0 Å². The molecule has 0 unspecified atom stereocenters. The van der Waals surface area contributed by atoms with E-state index in [2.05, 4.69) is 26.7 Å². The summed E-state index contributed by atoms with van der Waals surface area (Å²) in [6.07, 6.45) is 14.5. The van der Waals surface area contributed by atoms with Crippen LogP contribution in [0.2, 0.25) is 0 Å². The maximum atomic E-state index is 11.7. The first-order valence-electron chi connectivity index (χ1n) is 9.01. The molecular weight excluding hydrogens is 314 g/mol. The Morgan fingerprint density at radius 1 is 0.864 bits per heavy atom. The van der Waals surface area contributed by atoms with Crippen LogP contribution in [0.3, 0.4) is 0 Å². The van der Waals surface area contributed by atoms with Gasteiger partial charge in [0, 0.05) is 5.75 Å². The molecule has 0 aliphatic heterocycles. The molecule has 1 amide bonds. The van der Waals surface area contributed by atoms with Gasteiger partial charge in [0.15, 0.2) is 0 Å². The van der Waals surface area contributed by atoms with E-state index in [0.29, 0.717) is 6.61 Å². The van der Waals surface area contributed by atoms with Crippen LogP contribution in [-0.2, 0) is 4.74 Å². The Kier molecular flexibility index (Phi) is 17.3. The van der Waals surface area contributed by atoms with Crippen molar-refractivity contribution in [2.75, 3.05) is 12.4 Å². The van der Waals surface area contributed by atoms with Crippen molar-refractivity contribution in [3.05, 3.63) is 0 Å². The Balaban J connectivity index is 3.36. The second kappa shape index (κ2) is 17.3. The van der Waals surface area contributed by atoms with E-state index in [1.807, 2.05) is 0 Å². The van der Waals surface area contributed by atoms with E-state index in [-0.39, 0.29) is 6.09 Å². The molecule has 0 N–H and O–H groups in total. The number of amides is 1. The van der Waals surface area contributed by atoms with Crippen LogP contribution >= 0.6 is 24.8 Å². The minimum atomic E-state index is -0.326. The Morgan fingerprint density at radius 3 is 1.95 bits per heavy atom. The molecule has 0 aromatic rings. The minimum Gasteiger partial charge on any atom is -0.448 e. The predicted molar refractivity (Wildman–Crippen MR) is 101 cm³/mol. The third kappa shape index (κ3) is 14.9. The van der Waals surface area contributed by atoms with Crippen LogP contribution in [0.5, 0.6) is 0 Å². The van der Waals surface area contributed by atoms with Crippen LogP contribution in [0.15, 0.2) is 0 Å². The molecule has 0 rings (SSSR count). The van der Waals surface area contributed by atoms with E-state index in [4.69, 9.17) is 4.74 Å². The van der Waals surface area contributed by atoms with Crippen molar-refractivity contribution >= 4 is 30.9 Å². The van der Waals surface area contributed by atoms with Crippen molar-refractivity contribution in [3.63, 3.8) is 0 Å². The van der Waals surface area contributed by atoms with Crippen molar-refractivity contribution in [1.29, 1.82) is 0 Å². The van der Waals surface area contributed by atoms with Crippen LogP contribution in [0.25, 0.3) is 0 Å². The molecule has 0 aromatic heterocycles. The van der Waals surface area contributed by atoms with E-state index < -0.39 is 0 Å². The quantitative estimate of drug-likeness (QED) is 0.204. The zero-order valence-corrected chi connectivity index (χ0v) is 16.2. The zero-order valence-electron chi connectivity index (χ0n) is 14.5. The molecule has 22 heavy (non-hydrogen) atoms. The number of hydrogen-bond acceptors (Lipinski definition) is 4. The largest absolute Gasteiger partial charge is 0.448 e. The summed E-state index contributed by atoms with van der Waals surface area (Å²) in [4.78, 5) is 11.7. The van der Waals surface area contributed by atoms with E-state index in [1.54, 1.807) is 0 Å². The molecule has 0 heterocycles. The fourth-order valence-electron chi connectivity index (χ4n) is 2.18. The summed E-state index contributed by atoms with van der Waals surface area (Å²) in [5.74, 6) is 0.932. The van der Waals surface area contributed by atoms with Crippen LogP contribution in [0.1, 0.15) is 90.9 Å². The fourth-order valence-corrected chi connectivity index (χ4v) is 3.15. The Labute approximate surface area is 147 Å². The first-order chi connectivity index (χ1) is 10.7. The molecule has 0 fully saturated rings. The van der Waals surface area contributed by atoms with Gasteiger partial charge in [-0.25, -0.2) is 4.79 Å². The molecule has 3 nitrogen and oxygen atoms in total. The number of carbonyl (C=O) groups excluding carboxylic acids is 1. The lowest BCUT2D eigenvalue weighted by atomic mass is 10.1. The second-order valence-corrected chi connectivity index (χ2v) is 7.46. The average molecular weight is 350 g/mol. The monoisotopic (exact) mass is 349 g/mol. The molecule has 0 spiro atoms. The molecule has 0 saturated heterocycles. The molecule has 5 heteroatoms.